The summed E-state index contributed by atoms with van der Waals surface area (Å²) in [5.41, 5.74) is 6.01. The second-order valence-corrected chi connectivity index (χ2v) is 3.19. The molecule has 0 heterocycles. The van der Waals surface area contributed by atoms with Gasteiger partial charge in [0, 0.05) is 5.56 Å². The molecular weight excluding hydrogens is 236 g/mol. The zero-order valence-electron chi connectivity index (χ0n) is 6.99. The van der Waals surface area contributed by atoms with Crippen LogP contribution in [0.4, 0.5) is 0 Å². The lowest BCUT2D eigenvalue weighted by molar-refractivity contribution is 0.318. The lowest BCUT2D eigenvalue weighted by Crippen LogP contribution is -2.12. The van der Waals surface area contributed by atoms with Gasteiger partial charge in [-0.2, -0.15) is 0 Å². The van der Waals surface area contributed by atoms with E-state index in [0.717, 1.165) is 4.47 Å². The van der Waals surface area contributed by atoms with Crippen molar-refractivity contribution in [3.63, 3.8) is 0 Å². The molecule has 0 aromatic heterocycles. The van der Waals surface area contributed by atoms with Crippen molar-refractivity contribution in [2.75, 3.05) is 7.11 Å². The number of nitrogens with two attached hydrogens (primary N) is 1. The van der Waals surface area contributed by atoms with Gasteiger partial charge in [-0.25, -0.2) is 0 Å². The normalized spacial score (nSPS) is 11.4. The highest BCUT2D eigenvalue weighted by atomic mass is 79.9. The Hall–Kier alpha value is -1.23. The standard InChI is InChI=1S/C8H9BrN2O2/c1-13-7-4-5(8(10)11-12)2-3-6(7)9/h2-4,12H,1H3,(H2,10,11). The molecule has 3 N–H and O–H groups in total. The fourth-order valence-corrected chi connectivity index (χ4v) is 1.29. The first-order valence-corrected chi connectivity index (χ1v) is 4.29. The summed E-state index contributed by atoms with van der Waals surface area (Å²) in [4.78, 5) is 0. The monoisotopic (exact) mass is 244 g/mol. The molecule has 1 aromatic carbocycles. The summed E-state index contributed by atoms with van der Waals surface area (Å²) in [5, 5.41) is 11.3. The molecule has 0 spiro atoms. The molecule has 0 fully saturated rings. The van der Waals surface area contributed by atoms with E-state index >= 15 is 0 Å². The molecule has 0 bridgehead atoms. The fourth-order valence-electron chi connectivity index (χ4n) is 0.877. The van der Waals surface area contributed by atoms with Crippen molar-refractivity contribution in [2.45, 2.75) is 0 Å². The van der Waals surface area contributed by atoms with Crippen LogP contribution < -0.4 is 10.5 Å². The zero-order chi connectivity index (χ0) is 9.84. The van der Waals surface area contributed by atoms with Crippen LogP contribution in [0.3, 0.4) is 0 Å². The Morgan fingerprint density at radius 3 is 2.85 bits per heavy atom. The maximum atomic E-state index is 8.43. The van der Waals surface area contributed by atoms with Crippen molar-refractivity contribution in [3.8, 4) is 5.75 Å². The van der Waals surface area contributed by atoms with Gasteiger partial charge in [0.05, 0.1) is 11.6 Å². The summed E-state index contributed by atoms with van der Waals surface area (Å²) in [6.45, 7) is 0. The Morgan fingerprint density at radius 1 is 1.62 bits per heavy atom. The molecule has 0 amide bonds. The summed E-state index contributed by atoms with van der Waals surface area (Å²) in [6.07, 6.45) is 0. The molecule has 0 saturated heterocycles. The number of benzene rings is 1. The quantitative estimate of drug-likeness (QED) is 0.359. The third kappa shape index (κ3) is 2.12. The molecule has 0 radical (unpaired) electrons. The molecule has 0 aliphatic rings. The average Bonchev–Trinajstić information content (AvgIpc) is 2.17. The third-order valence-corrected chi connectivity index (χ3v) is 2.21. The third-order valence-electron chi connectivity index (χ3n) is 1.55. The number of hydrogen-bond donors (Lipinski definition) is 2. The van der Waals surface area contributed by atoms with Gasteiger partial charge in [-0.3, -0.25) is 0 Å². The minimum absolute atomic E-state index is 0.0609. The Balaban J connectivity index is 3.13. The molecule has 0 unspecified atom stereocenters. The summed E-state index contributed by atoms with van der Waals surface area (Å²) in [5.74, 6) is 0.704. The van der Waals surface area contributed by atoms with Crippen molar-refractivity contribution >= 4 is 21.8 Å². The minimum Gasteiger partial charge on any atom is -0.496 e. The molecule has 5 heteroatoms. The molecule has 0 aliphatic carbocycles. The second-order valence-electron chi connectivity index (χ2n) is 2.33. The molecule has 4 nitrogen and oxygen atoms in total. The van der Waals surface area contributed by atoms with Crippen LogP contribution >= 0.6 is 15.9 Å². The van der Waals surface area contributed by atoms with E-state index in [2.05, 4.69) is 21.1 Å². The van der Waals surface area contributed by atoms with E-state index in [1.807, 2.05) is 0 Å². The highest BCUT2D eigenvalue weighted by Gasteiger charge is 2.04. The topological polar surface area (TPSA) is 67.8 Å². The predicted octanol–water partition coefficient (Wildman–Crippen LogP) is 1.55. The summed E-state index contributed by atoms with van der Waals surface area (Å²) >= 11 is 3.29. The number of nitrogens with zero attached hydrogens (tertiary/aromatic N) is 1. The molecular formula is C8H9BrN2O2. The van der Waals surface area contributed by atoms with Gasteiger partial charge >= 0.3 is 0 Å². The van der Waals surface area contributed by atoms with Gasteiger partial charge in [0.15, 0.2) is 5.84 Å². The van der Waals surface area contributed by atoms with E-state index < -0.39 is 0 Å². The molecule has 70 valence electrons. The van der Waals surface area contributed by atoms with Gasteiger partial charge in [-0.05, 0) is 34.1 Å². The van der Waals surface area contributed by atoms with E-state index in [-0.39, 0.29) is 5.84 Å². The first-order chi connectivity index (χ1) is 6.19. The van der Waals surface area contributed by atoms with E-state index in [4.69, 9.17) is 15.7 Å². The predicted molar refractivity (Wildman–Crippen MR) is 53.2 cm³/mol. The van der Waals surface area contributed by atoms with Crippen LogP contribution in [0.2, 0.25) is 0 Å². The van der Waals surface area contributed by atoms with Gasteiger partial charge in [0.1, 0.15) is 5.75 Å². The number of halogens is 1. The molecule has 1 aromatic rings. The molecule has 0 saturated carbocycles. The number of oxime groups is 1. The average molecular weight is 245 g/mol. The van der Waals surface area contributed by atoms with Crippen LogP contribution in [0.15, 0.2) is 27.8 Å². The van der Waals surface area contributed by atoms with Crippen LogP contribution in [0, 0.1) is 0 Å². The van der Waals surface area contributed by atoms with Crippen molar-refractivity contribution in [2.24, 2.45) is 10.9 Å². The zero-order valence-corrected chi connectivity index (χ0v) is 8.58. The molecule has 0 aliphatic heterocycles. The smallest absolute Gasteiger partial charge is 0.170 e. The van der Waals surface area contributed by atoms with E-state index in [1.165, 1.54) is 0 Å². The van der Waals surface area contributed by atoms with Crippen molar-refractivity contribution in [3.05, 3.63) is 28.2 Å². The molecule has 1 rings (SSSR count). The Bertz CT molecular complexity index is 339. The fraction of sp³-hybridized carbons (Fsp3) is 0.125. The minimum atomic E-state index is 0.0609. The maximum absolute atomic E-state index is 8.43. The van der Waals surface area contributed by atoms with Gasteiger partial charge in [-0.1, -0.05) is 5.16 Å². The Kier molecular flexibility index (Phi) is 3.13. The van der Waals surface area contributed by atoms with E-state index in [9.17, 15) is 0 Å². The Labute approximate surface area is 84.1 Å². The van der Waals surface area contributed by atoms with Crippen LogP contribution in [0.25, 0.3) is 0 Å². The summed E-state index contributed by atoms with van der Waals surface area (Å²) < 4.78 is 5.86. The Morgan fingerprint density at radius 2 is 2.31 bits per heavy atom. The number of rotatable bonds is 2. The van der Waals surface area contributed by atoms with Crippen LogP contribution in [-0.4, -0.2) is 18.2 Å². The van der Waals surface area contributed by atoms with Crippen molar-refractivity contribution in [1.82, 2.24) is 0 Å². The van der Waals surface area contributed by atoms with Crippen LogP contribution in [0.5, 0.6) is 5.75 Å². The van der Waals surface area contributed by atoms with Crippen LogP contribution in [-0.2, 0) is 0 Å². The van der Waals surface area contributed by atoms with Crippen molar-refractivity contribution in [1.29, 1.82) is 0 Å². The summed E-state index contributed by atoms with van der Waals surface area (Å²) in [7, 11) is 1.55. The first-order valence-electron chi connectivity index (χ1n) is 3.50. The lowest BCUT2D eigenvalue weighted by Gasteiger charge is -2.04. The van der Waals surface area contributed by atoms with E-state index in [0.29, 0.717) is 11.3 Å². The number of amidine groups is 1. The highest BCUT2D eigenvalue weighted by molar-refractivity contribution is 9.10. The highest BCUT2D eigenvalue weighted by Crippen LogP contribution is 2.25. The SMILES string of the molecule is COc1cc(/C(N)=N/O)ccc1Br. The van der Waals surface area contributed by atoms with Crippen molar-refractivity contribution < 1.29 is 9.94 Å². The number of methoxy groups -OCH3 is 1. The first kappa shape index (κ1) is 9.85. The number of ether oxygens (including phenoxy) is 1. The van der Waals surface area contributed by atoms with Gasteiger partial charge < -0.3 is 15.7 Å². The maximum Gasteiger partial charge on any atom is 0.170 e. The van der Waals surface area contributed by atoms with Gasteiger partial charge in [-0.15, -0.1) is 0 Å². The van der Waals surface area contributed by atoms with Gasteiger partial charge in [0.25, 0.3) is 0 Å². The second kappa shape index (κ2) is 4.13. The van der Waals surface area contributed by atoms with Gasteiger partial charge in [0.2, 0.25) is 0 Å². The molecule has 0 atom stereocenters. The molecule has 13 heavy (non-hydrogen) atoms. The van der Waals surface area contributed by atoms with Crippen LogP contribution in [0.1, 0.15) is 5.56 Å². The van der Waals surface area contributed by atoms with E-state index in [1.54, 1.807) is 25.3 Å². The lowest BCUT2D eigenvalue weighted by atomic mass is 10.2. The summed E-state index contributed by atoms with van der Waals surface area (Å²) in [6, 6.07) is 5.17. The number of hydrogen-bond acceptors (Lipinski definition) is 3. The largest absolute Gasteiger partial charge is 0.496 e.